The summed E-state index contributed by atoms with van der Waals surface area (Å²) in [6.07, 6.45) is 20.2. The van der Waals surface area contributed by atoms with Crippen molar-refractivity contribution in [2.45, 2.75) is 77.0 Å². The topological polar surface area (TPSA) is 0 Å². The number of aryl methyl sites for hydroxylation is 6. The molecule has 4 aliphatic rings. The number of fused-ring (bicyclic) bond motifs is 4. The lowest BCUT2D eigenvalue weighted by Gasteiger charge is -2.13. The summed E-state index contributed by atoms with van der Waals surface area (Å²) in [5.41, 5.74) is 12.3. The van der Waals surface area contributed by atoms with Crippen molar-refractivity contribution in [3.05, 3.63) is 148 Å². The molecule has 0 N–H and O–H groups in total. The summed E-state index contributed by atoms with van der Waals surface area (Å²) in [4.78, 5) is 0. The van der Waals surface area contributed by atoms with Crippen LogP contribution < -0.4 is 0 Å². The Morgan fingerprint density at radius 2 is 0.632 bits per heavy atom. The van der Waals surface area contributed by atoms with Gasteiger partial charge in [0.05, 0.1) is 0 Å². The molecule has 38 heavy (non-hydrogen) atoms. The minimum Gasteiger partial charge on any atom is -0.0795 e. The molecule has 0 heteroatoms. The van der Waals surface area contributed by atoms with Crippen LogP contribution >= 0.6 is 0 Å². The second-order valence-electron chi connectivity index (χ2n) is 10.9. The monoisotopic (exact) mass is 498 g/mol. The van der Waals surface area contributed by atoms with Crippen LogP contribution in [0.4, 0.5) is 0 Å². The molecule has 0 unspecified atom stereocenters. The van der Waals surface area contributed by atoms with Crippen molar-refractivity contribution >= 4 is 6.08 Å². The van der Waals surface area contributed by atoms with Gasteiger partial charge in [0.1, 0.15) is 0 Å². The molecule has 0 amide bonds. The van der Waals surface area contributed by atoms with Crippen LogP contribution in [0.1, 0.15) is 76.6 Å². The van der Waals surface area contributed by atoms with Crippen LogP contribution in [0.2, 0.25) is 0 Å². The predicted octanol–water partition coefficient (Wildman–Crippen LogP) is 9.56. The number of hydrogen-bond donors (Lipinski definition) is 0. The molecule has 0 radical (unpaired) electrons. The van der Waals surface area contributed by atoms with Gasteiger partial charge in [-0.05, 0) is 122 Å². The summed E-state index contributed by atoms with van der Waals surface area (Å²) in [5.74, 6) is 0. The van der Waals surface area contributed by atoms with Gasteiger partial charge in [-0.25, -0.2) is 0 Å². The summed E-state index contributed by atoms with van der Waals surface area (Å²) < 4.78 is 0. The molecular formula is C38H42. The van der Waals surface area contributed by atoms with E-state index in [4.69, 9.17) is 0 Å². The third kappa shape index (κ3) is 7.35. The predicted molar refractivity (Wildman–Crippen MR) is 164 cm³/mol. The highest BCUT2D eigenvalue weighted by Crippen LogP contribution is 2.22. The maximum atomic E-state index is 2.26. The second-order valence-corrected chi connectivity index (χ2v) is 10.9. The van der Waals surface area contributed by atoms with Gasteiger partial charge in [-0.3, -0.25) is 0 Å². The molecule has 0 aliphatic heterocycles. The lowest BCUT2D eigenvalue weighted by atomic mass is 9.92. The van der Waals surface area contributed by atoms with E-state index in [1.165, 1.54) is 81.8 Å². The third-order valence-corrected chi connectivity index (χ3v) is 8.22. The van der Waals surface area contributed by atoms with Crippen molar-refractivity contribution < 1.29 is 0 Å². The van der Waals surface area contributed by atoms with Gasteiger partial charge in [0.15, 0.2) is 0 Å². The largest absolute Gasteiger partial charge is 0.0795 e. The van der Waals surface area contributed by atoms with E-state index in [2.05, 4.69) is 109 Å². The van der Waals surface area contributed by atoms with Crippen LogP contribution in [0.3, 0.4) is 0 Å². The molecule has 0 heterocycles. The Morgan fingerprint density at radius 1 is 0.316 bits per heavy atom. The normalized spacial score (nSPS) is 15.6. The van der Waals surface area contributed by atoms with Gasteiger partial charge in [0.2, 0.25) is 0 Å². The zero-order valence-corrected chi connectivity index (χ0v) is 22.9. The SMILES string of the molecule is C1=Cc2ccccc2C1.c1ccc2c(c1)CCC2.c1ccc2c(c1)CCCC2.c1ccc2c(c1)CCCC2. The Labute approximate surface area is 230 Å². The summed E-state index contributed by atoms with van der Waals surface area (Å²) >= 11 is 0. The van der Waals surface area contributed by atoms with E-state index < -0.39 is 0 Å². The van der Waals surface area contributed by atoms with Crippen molar-refractivity contribution in [3.8, 4) is 0 Å². The van der Waals surface area contributed by atoms with Gasteiger partial charge in [-0.1, -0.05) is 109 Å². The van der Waals surface area contributed by atoms with Crippen LogP contribution in [0, 0.1) is 0 Å². The molecule has 4 aliphatic carbocycles. The minimum atomic E-state index is 1.12. The van der Waals surface area contributed by atoms with Crippen molar-refractivity contribution in [3.63, 3.8) is 0 Å². The third-order valence-electron chi connectivity index (χ3n) is 8.22. The van der Waals surface area contributed by atoms with E-state index in [0.717, 1.165) is 6.42 Å². The van der Waals surface area contributed by atoms with E-state index in [9.17, 15) is 0 Å². The number of hydrogen-bond acceptors (Lipinski definition) is 0. The van der Waals surface area contributed by atoms with E-state index in [-0.39, 0.29) is 0 Å². The van der Waals surface area contributed by atoms with Crippen LogP contribution in [-0.2, 0) is 44.9 Å². The Bertz CT molecular complexity index is 1190. The van der Waals surface area contributed by atoms with Gasteiger partial charge in [0, 0.05) is 0 Å². The molecule has 4 aromatic carbocycles. The van der Waals surface area contributed by atoms with Gasteiger partial charge in [-0.15, -0.1) is 0 Å². The fourth-order valence-corrected chi connectivity index (χ4v) is 6.06. The molecule has 0 saturated heterocycles. The van der Waals surface area contributed by atoms with E-state index in [1.807, 2.05) is 0 Å². The first-order valence-electron chi connectivity index (χ1n) is 14.8. The van der Waals surface area contributed by atoms with Gasteiger partial charge >= 0.3 is 0 Å². The Hall–Kier alpha value is -3.38. The van der Waals surface area contributed by atoms with Crippen molar-refractivity contribution in [1.29, 1.82) is 0 Å². The van der Waals surface area contributed by atoms with Gasteiger partial charge in [0.25, 0.3) is 0 Å². The molecular weight excluding hydrogens is 456 g/mol. The lowest BCUT2D eigenvalue weighted by Crippen LogP contribution is -2.00. The molecule has 0 atom stereocenters. The molecule has 0 aromatic heterocycles. The minimum absolute atomic E-state index is 1.12. The standard InChI is InChI=1S/2C10H12.C9H10.C9H8/c2*1-2-6-10-8-4-3-7-9(10)5-1;2*1-2-5-9-7-3-6-8(9)4-1/h2*1-2,5-6H,3-4,7-8H2;1-2,4-5H,3,6-7H2;1-6H,7H2. The average Bonchev–Trinajstić information content (AvgIpc) is 3.68. The number of rotatable bonds is 0. The molecule has 0 nitrogen and oxygen atoms in total. The fourth-order valence-electron chi connectivity index (χ4n) is 6.06. The molecule has 0 spiro atoms. The molecule has 4 aromatic rings. The van der Waals surface area contributed by atoms with Crippen LogP contribution in [0.15, 0.2) is 103 Å². The number of benzene rings is 4. The summed E-state index contributed by atoms with van der Waals surface area (Å²) in [6, 6.07) is 34.8. The first-order chi connectivity index (χ1) is 18.9. The molecule has 0 saturated carbocycles. The second kappa shape index (κ2) is 14.0. The van der Waals surface area contributed by atoms with E-state index in [1.54, 1.807) is 33.4 Å². The maximum Gasteiger partial charge on any atom is -0.00882 e. The Kier molecular flexibility index (Phi) is 9.64. The van der Waals surface area contributed by atoms with Gasteiger partial charge in [-0.2, -0.15) is 0 Å². The van der Waals surface area contributed by atoms with Crippen molar-refractivity contribution in [2.75, 3.05) is 0 Å². The Morgan fingerprint density at radius 3 is 1.00 bits per heavy atom. The highest BCUT2D eigenvalue weighted by atomic mass is 14.1. The van der Waals surface area contributed by atoms with Crippen molar-refractivity contribution in [2.24, 2.45) is 0 Å². The smallest absolute Gasteiger partial charge is 0.00882 e. The van der Waals surface area contributed by atoms with Gasteiger partial charge < -0.3 is 0 Å². The quantitative estimate of drug-likeness (QED) is 0.226. The molecule has 0 fully saturated rings. The summed E-state index contributed by atoms with van der Waals surface area (Å²) in [5, 5.41) is 0. The van der Waals surface area contributed by atoms with E-state index in [0.29, 0.717) is 0 Å². The molecule has 8 rings (SSSR count). The highest BCUT2D eigenvalue weighted by Gasteiger charge is 2.08. The molecule has 194 valence electrons. The summed E-state index contributed by atoms with van der Waals surface area (Å²) in [6.45, 7) is 0. The fraction of sp³-hybridized carbons (Fsp3) is 0.316. The lowest BCUT2D eigenvalue weighted by molar-refractivity contribution is 0.685. The summed E-state index contributed by atoms with van der Waals surface area (Å²) in [7, 11) is 0. The maximum absolute atomic E-state index is 2.26. The number of allylic oxidation sites excluding steroid dienone is 1. The Balaban J connectivity index is 0.000000103. The average molecular weight is 499 g/mol. The van der Waals surface area contributed by atoms with Crippen LogP contribution in [0.5, 0.6) is 0 Å². The van der Waals surface area contributed by atoms with E-state index >= 15 is 0 Å². The first kappa shape index (κ1) is 26.2. The molecule has 0 bridgehead atoms. The van der Waals surface area contributed by atoms with Crippen LogP contribution in [0.25, 0.3) is 6.08 Å². The zero-order chi connectivity index (χ0) is 25.8. The zero-order valence-electron chi connectivity index (χ0n) is 22.9. The van der Waals surface area contributed by atoms with Crippen LogP contribution in [-0.4, -0.2) is 0 Å². The first-order valence-corrected chi connectivity index (χ1v) is 14.8. The van der Waals surface area contributed by atoms with Crippen molar-refractivity contribution in [1.82, 2.24) is 0 Å². The highest BCUT2D eigenvalue weighted by molar-refractivity contribution is 5.59.